The van der Waals surface area contributed by atoms with E-state index in [0.717, 1.165) is 17.7 Å². The minimum atomic E-state index is -0.481. The van der Waals surface area contributed by atoms with Crippen molar-refractivity contribution in [1.29, 1.82) is 0 Å². The van der Waals surface area contributed by atoms with E-state index >= 15 is 0 Å². The smallest absolute Gasteiger partial charge is 0.272 e. The van der Waals surface area contributed by atoms with Gasteiger partial charge >= 0.3 is 0 Å². The molecule has 1 N–H and O–H groups in total. The average molecular weight is 402 g/mol. The van der Waals surface area contributed by atoms with E-state index in [0.29, 0.717) is 28.9 Å². The molecule has 0 bridgehead atoms. The maximum atomic E-state index is 12.8. The van der Waals surface area contributed by atoms with Crippen LogP contribution in [0.25, 0.3) is 0 Å². The summed E-state index contributed by atoms with van der Waals surface area (Å²) in [6, 6.07) is 13.1. The van der Waals surface area contributed by atoms with E-state index in [1.54, 1.807) is 42.3 Å². The van der Waals surface area contributed by atoms with Crippen LogP contribution < -0.4 is 10.2 Å². The van der Waals surface area contributed by atoms with E-state index < -0.39 is 4.92 Å². The molecule has 0 fully saturated rings. The van der Waals surface area contributed by atoms with Crippen molar-refractivity contribution in [2.45, 2.75) is 13.3 Å². The van der Waals surface area contributed by atoms with Gasteiger partial charge in [-0.15, -0.1) is 0 Å². The molecule has 150 valence electrons. The van der Waals surface area contributed by atoms with Crippen LogP contribution in [0, 0.1) is 17.0 Å². The summed E-state index contributed by atoms with van der Waals surface area (Å²) in [6.45, 7) is 2.15. The molecule has 30 heavy (non-hydrogen) atoms. The lowest BCUT2D eigenvalue weighted by molar-refractivity contribution is -0.385. The minimum Gasteiger partial charge on any atom is -0.322 e. The molecule has 0 saturated carbocycles. The minimum absolute atomic E-state index is 0.0337. The number of amides is 2. The number of nitrogens with zero attached hydrogens (tertiary/aromatic N) is 3. The SMILES string of the molecule is Cc1cc(C(=O)Nc2ccc3c(c2)N(C(=O)c2cccnc2)CC3)ccc1[N+](=O)[O-]. The van der Waals surface area contributed by atoms with E-state index in [1.807, 2.05) is 6.07 Å². The van der Waals surface area contributed by atoms with E-state index in [2.05, 4.69) is 10.3 Å². The van der Waals surface area contributed by atoms with Crippen LogP contribution in [0.2, 0.25) is 0 Å². The molecule has 0 spiro atoms. The second kappa shape index (κ2) is 7.75. The Balaban J connectivity index is 1.56. The van der Waals surface area contributed by atoms with Gasteiger partial charge in [-0.2, -0.15) is 0 Å². The van der Waals surface area contributed by atoms with Crippen molar-refractivity contribution in [3.05, 3.63) is 93.3 Å². The van der Waals surface area contributed by atoms with Crippen LogP contribution in [0.1, 0.15) is 31.8 Å². The van der Waals surface area contributed by atoms with Crippen LogP contribution >= 0.6 is 0 Å². The van der Waals surface area contributed by atoms with Gasteiger partial charge in [0.15, 0.2) is 0 Å². The predicted molar refractivity (Wildman–Crippen MR) is 112 cm³/mol. The van der Waals surface area contributed by atoms with Gasteiger partial charge in [0.05, 0.1) is 10.5 Å². The fraction of sp³-hybridized carbons (Fsp3) is 0.136. The standard InChI is InChI=1S/C22H18N4O4/c1-14-11-16(5-7-19(14)26(29)30)21(27)24-18-6-4-15-8-10-25(20(15)12-18)22(28)17-3-2-9-23-13-17/h2-7,9,11-13H,8,10H2,1H3,(H,24,27). The highest BCUT2D eigenvalue weighted by molar-refractivity contribution is 6.08. The van der Waals surface area contributed by atoms with Crippen molar-refractivity contribution in [3.8, 4) is 0 Å². The molecule has 0 radical (unpaired) electrons. The third kappa shape index (κ3) is 3.62. The molecule has 4 rings (SSSR count). The fourth-order valence-electron chi connectivity index (χ4n) is 3.52. The first-order valence-corrected chi connectivity index (χ1v) is 9.35. The largest absolute Gasteiger partial charge is 0.322 e. The summed E-state index contributed by atoms with van der Waals surface area (Å²) in [5.74, 6) is -0.521. The Morgan fingerprint density at radius 1 is 1.13 bits per heavy atom. The molecular formula is C22H18N4O4. The Kier molecular flexibility index (Phi) is 4.97. The van der Waals surface area contributed by atoms with Crippen molar-refractivity contribution in [2.24, 2.45) is 0 Å². The number of carbonyl (C=O) groups excluding carboxylic acids is 2. The van der Waals surface area contributed by atoms with Crippen LogP contribution in [0.5, 0.6) is 0 Å². The molecule has 0 saturated heterocycles. The molecule has 2 aromatic carbocycles. The predicted octanol–water partition coefficient (Wildman–Crippen LogP) is 3.75. The summed E-state index contributed by atoms with van der Waals surface area (Å²) in [4.78, 5) is 41.6. The first kappa shape index (κ1) is 19.3. The summed E-state index contributed by atoms with van der Waals surface area (Å²) in [6.07, 6.45) is 3.88. The number of nitro benzene ring substituents is 1. The maximum Gasteiger partial charge on any atom is 0.272 e. The number of hydrogen-bond donors (Lipinski definition) is 1. The zero-order valence-electron chi connectivity index (χ0n) is 16.2. The van der Waals surface area contributed by atoms with E-state index in [9.17, 15) is 19.7 Å². The highest BCUT2D eigenvalue weighted by atomic mass is 16.6. The molecular weight excluding hydrogens is 384 g/mol. The number of anilines is 2. The Hall–Kier alpha value is -4.07. The second-order valence-electron chi connectivity index (χ2n) is 7.00. The van der Waals surface area contributed by atoms with Crippen molar-refractivity contribution < 1.29 is 14.5 Å². The molecule has 0 atom stereocenters. The lowest BCUT2D eigenvalue weighted by atomic mass is 10.1. The van der Waals surface area contributed by atoms with Gasteiger partial charge < -0.3 is 10.2 Å². The van der Waals surface area contributed by atoms with Crippen LogP contribution in [-0.2, 0) is 6.42 Å². The number of hydrogen-bond acceptors (Lipinski definition) is 5. The van der Waals surface area contributed by atoms with E-state index in [4.69, 9.17) is 0 Å². The zero-order chi connectivity index (χ0) is 21.3. The first-order chi connectivity index (χ1) is 14.4. The second-order valence-corrected chi connectivity index (χ2v) is 7.00. The van der Waals surface area contributed by atoms with Gasteiger partial charge in [-0.25, -0.2) is 0 Å². The number of nitrogens with one attached hydrogen (secondary N) is 1. The summed E-state index contributed by atoms with van der Waals surface area (Å²) >= 11 is 0. The quantitative estimate of drug-likeness (QED) is 0.528. The van der Waals surface area contributed by atoms with Gasteiger partial charge in [-0.1, -0.05) is 6.07 Å². The third-order valence-electron chi connectivity index (χ3n) is 5.05. The Labute approximate surface area is 172 Å². The van der Waals surface area contributed by atoms with Gasteiger partial charge in [-0.3, -0.25) is 24.7 Å². The van der Waals surface area contributed by atoms with Crippen LogP contribution in [0.15, 0.2) is 60.9 Å². The van der Waals surface area contributed by atoms with Gasteiger partial charge in [0.25, 0.3) is 17.5 Å². The summed E-state index contributed by atoms with van der Waals surface area (Å²) in [5, 5.41) is 13.8. The number of rotatable bonds is 4. The Bertz CT molecular complexity index is 1160. The number of benzene rings is 2. The lowest BCUT2D eigenvalue weighted by Crippen LogP contribution is -2.29. The molecule has 2 amide bonds. The fourth-order valence-corrected chi connectivity index (χ4v) is 3.52. The number of aryl methyl sites for hydroxylation is 1. The Morgan fingerprint density at radius 3 is 2.67 bits per heavy atom. The summed E-state index contributed by atoms with van der Waals surface area (Å²) in [5.41, 5.74) is 3.52. The van der Waals surface area contributed by atoms with Crippen molar-refractivity contribution in [2.75, 3.05) is 16.8 Å². The topological polar surface area (TPSA) is 105 Å². The lowest BCUT2D eigenvalue weighted by Gasteiger charge is -2.18. The summed E-state index contributed by atoms with van der Waals surface area (Å²) in [7, 11) is 0. The monoisotopic (exact) mass is 402 g/mol. The number of fused-ring (bicyclic) bond motifs is 1. The molecule has 8 nitrogen and oxygen atoms in total. The zero-order valence-corrected chi connectivity index (χ0v) is 16.2. The number of aromatic nitrogens is 1. The maximum absolute atomic E-state index is 12.8. The van der Waals surface area contributed by atoms with Gasteiger partial charge in [0.1, 0.15) is 0 Å². The molecule has 2 heterocycles. The van der Waals surface area contributed by atoms with Crippen molar-refractivity contribution >= 4 is 28.9 Å². The first-order valence-electron chi connectivity index (χ1n) is 9.35. The number of pyridine rings is 1. The average Bonchev–Trinajstić information content (AvgIpc) is 3.16. The number of carbonyl (C=O) groups is 2. The van der Waals surface area contributed by atoms with E-state index in [1.165, 1.54) is 24.4 Å². The number of nitro groups is 1. The molecule has 0 unspecified atom stereocenters. The van der Waals surface area contributed by atoms with Crippen LogP contribution in [0.4, 0.5) is 17.1 Å². The van der Waals surface area contributed by atoms with Crippen LogP contribution in [0.3, 0.4) is 0 Å². The molecule has 3 aromatic rings. The van der Waals surface area contributed by atoms with Crippen molar-refractivity contribution in [1.82, 2.24) is 4.98 Å². The van der Waals surface area contributed by atoms with Crippen molar-refractivity contribution in [3.63, 3.8) is 0 Å². The summed E-state index contributed by atoms with van der Waals surface area (Å²) < 4.78 is 0. The molecule has 1 aromatic heterocycles. The highest BCUT2D eigenvalue weighted by Crippen LogP contribution is 2.32. The van der Waals surface area contributed by atoms with Crippen LogP contribution in [-0.4, -0.2) is 28.3 Å². The van der Waals surface area contributed by atoms with Gasteiger partial charge in [0.2, 0.25) is 0 Å². The van der Waals surface area contributed by atoms with E-state index in [-0.39, 0.29) is 17.5 Å². The molecule has 1 aliphatic heterocycles. The van der Waals surface area contributed by atoms with Gasteiger partial charge in [-0.05, 0) is 55.3 Å². The highest BCUT2D eigenvalue weighted by Gasteiger charge is 2.26. The Morgan fingerprint density at radius 2 is 1.97 bits per heavy atom. The molecule has 8 heteroatoms. The van der Waals surface area contributed by atoms with Gasteiger partial charge in [0, 0.05) is 47.5 Å². The molecule has 0 aliphatic carbocycles. The molecule has 1 aliphatic rings. The third-order valence-corrected chi connectivity index (χ3v) is 5.05. The normalized spacial score (nSPS) is 12.4.